The van der Waals surface area contributed by atoms with Crippen LogP contribution in [0.5, 0.6) is 0 Å². The molecule has 0 bridgehead atoms. The van der Waals surface area contributed by atoms with Crippen LogP contribution in [-0.4, -0.2) is 23.3 Å². The molecular weight excluding hydrogens is 216 g/mol. The molecule has 1 aromatic rings. The second-order valence-electron chi connectivity index (χ2n) is 4.71. The predicted octanol–water partition coefficient (Wildman–Crippen LogP) is 2.39. The number of aliphatic hydroxyl groups is 1. The Labute approximate surface area is 101 Å². The lowest BCUT2D eigenvalue weighted by Crippen LogP contribution is -2.39. The molecule has 2 rings (SSSR count). The van der Waals surface area contributed by atoms with Crippen LogP contribution in [0.4, 0.5) is 0 Å². The van der Waals surface area contributed by atoms with Crippen molar-refractivity contribution < 1.29 is 14.6 Å². The SMILES string of the molecule is C[C@@H]1CCC[C@@H](O)[C@H]1OC(=O)c1ccccc1. The summed E-state index contributed by atoms with van der Waals surface area (Å²) in [5.74, 6) is -0.116. The zero-order valence-corrected chi connectivity index (χ0v) is 10.0. The summed E-state index contributed by atoms with van der Waals surface area (Å²) in [5, 5.41) is 9.86. The van der Waals surface area contributed by atoms with Crippen LogP contribution in [0.2, 0.25) is 0 Å². The van der Waals surface area contributed by atoms with Crippen molar-refractivity contribution >= 4 is 5.97 Å². The van der Waals surface area contributed by atoms with Gasteiger partial charge in [-0.25, -0.2) is 4.79 Å². The monoisotopic (exact) mass is 234 g/mol. The van der Waals surface area contributed by atoms with E-state index >= 15 is 0 Å². The van der Waals surface area contributed by atoms with Crippen LogP contribution in [0.15, 0.2) is 30.3 Å². The van der Waals surface area contributed by atoms with Crippen molar-refractivity contribution in [2.45, 2.75) is 38.4 Å². The molecule has 0 spiro atoms. The number of carbonyl (C=O) groups is 1. The largest absolute Gasteiger partial charge is 0.456 e. The van der Waals surface area contributed by atoms with Crippen molar-refractivity contribution in [3.8, 4) is 0 Å². The molecule has 0 aliphatic heterocycles. The Morgan fingerprint density at radius 2 is 2.00 bits per heavy atom. The highest BCUT2D eigenvalue weighted by Gasteiger charge is 2.32. The Balaban J connectivity index is 2.03. The standard InChI is InChI=1S/C14H18O3/c1-10-6-5-9-12(15)13(10)17-14(16)11-7-3-2-4-8-11/h2-4,7-8,10,12-13,15H,5-6,9H2,1H3/t10-,12-,13+/m1/s1. The Bertz CT molecular complexity index is 364. The average Bonchev–Trinajstić information content (AvgIpc) is 2.35. The zero-order valence-electron chi connectivity index (χ0n) is 10.0. The third-order valence-corrected chi connectivity index (χ3v) is 3.35. The third-order valence-electron chi connectivity index (χ3n) is 3.35. The highest BCUT2D eigenvalue weighted by atomic mass is 16.6. The van der Waals surface area contributed by atoms with Gasteiger partial charge < -0.3 is 9.84 Å². The molecule has 1 aliphatic carbocycles. The van der Waals surface area contributed by atoms with Gasteiger partial charge in [0.1, 0.15) is 6.10 Å². The second kappa shape index (κ2) is 5.32. The van der Waals surface area contributed by atoms with E-state index in [1.807, 2.05) is 13.0 Å². The van der Waals surface area contributed by atoms with Crippen LogP contribution in [0.1, 0.15) is 36.5 Å². The van der Waals surface area contributed by atoms with E-state index in [0.717, 1.165) is 19.3 Å². The van der Waals surface area contributed by atoms with Crippen molar-refractivity contribution in [2.24, 2.45) is 5.92 Å². The lowest BCUT2D eigenvalue weighted by Gasteiger charge is -2.32. The van der Waals surface area contributed by atoms with Gasteiger partial charge in [-0.15, -0.1) is 0 Å². The number of benzene rings is 1. The summed E-state index contributed by atoms with van der Waals surface area (Å²) in [6, 6.07) is 8.91. The maximum absolute atomic E-state index is 11.9. The zero-order chi connectivity index (χ0) is 12.3. The van der Waals surface area contributed by atoms with E-state index in [1.54, 1.807) is 24.3 Å². The van der Waals surface area contributed by atoms with Gasteiger partial charge in [0.2, 0.25) is 0 Å². The first-order chi connectivity index (χ1) is 8.18. The molecule has 0 unspecified atom stereocenters. The van der Waals surface area contributed by atoms with Crippen molar-refractivity contribution in [3.63, 3.8) is 0 Å². The molecule has 0 heterocycles. The molecule has 0 saturated heterocycles. The van der Waals surface area contributed by atoms with E-state index < -0.39 is 6.10 Å². The van der Waals surface area contributed by atoms with E-state index in [9.17, 15) is 9.90 Å². The minimum atomic E-state index is -0.522. The van der Waals surface area contributed by atoms with Crippen LogP contribution in [0, 0.1) is 5.92 Å². The molecule has 1 aromatic carbocycles. The number of hydrogen-bond acceptors (Lipinski definition) is 3. The maximum atomic E-state index is 11.9. The van der Waals surface area contributed by atoms with Gasteiger partial charge in [-0.3, -0.25) is 0 Å². The predicted molar refractivity (Wildman–Crippen MR) is 64.7 cm³/mol. The first-order valence-corrected chi connectivity index (χ1v) is 6.12. The number of ether oxygens (including phenoxy) is 1. The maximum Gasteiger partial charge on any atom is 0.338 e. The Morgan fingerprint density at radius 3 is 2.65 bits per heavy atom. The van der Waals surface area contributed by atoms with E-state index in [-0.39, 0.29) is 18.0 Å². The number of carbonyl (C=O) groups excluding carboxylic acids is 1. The lowest BCUT2D eigenvalue weighted by atomic mass is 9.86. The number of rotatable bonds is 2. The number of hydrogen-bond donors (Lipinski definition) is 1. The Morgan fingerprint density at radius 1 is 1.29 bits per heavy atom. The molecular formula is C14H18O3. The molecule has 0 amide bonds. The summed E-state index contributed by atoms with van der Waals surface area (Å²) >= 11 is 0. The molecule has 1 fully saturated rings. The van der Waals surface area contributed by atoms with Crippen LogP contribution < -0.4 is 0 Å². The first kappa shape index (κ1) is 12.1. The molecule has 3 heteroatoms. The van der Waals surface area contributed by atoms with E-state index in [4.69, 9.17) is 4.74 Å². The van der Waals surface area contributed by atoms with Crippen LogP contribution in [0.25, 0.3) is 0 Å². The fourth-order valence-electron chi connectivity index (χ4n) is 2.32. The van der Waals surface area contributed by atoms with E-state index in [1.165, 1.54) is 0 Å². The van der Waals surface area contributed by atoms with Crippen molar-refractivity contribution in [1.82, 2.24) is 0 Å². The van der Waals surface area contributed by atoms with Gasteiger partial charge in [0.05, 0.1) is 11.7 Å². The summed E-state index contributed by atoms with van der Waals surface area (Å²) in [7, 11) is 0. The van der Waals surface area contributed by atoms with Crippen molar-refractivity contribution in [2.75, 3.05) is 0 Å². The van der Waals surface area contributed by atoms with E-state index in [2.05, 4.69) is 0 Å². The van der Waals surface area contributed by atoms with Crippen molar-refractivity contribution in [1.29, 1.82) is 0 Å². The summed E-state index contributed by atoms with van der Waals surface area (Å²) in [4.78, 5) is 11.9. The topological polar surface area (TPSA) is 46.5 Å². The highest BCUT2D eigenvalue weighted by Crippen LogP contribution is 2.27. The van der Waals surface area contributed by atoms with Gasteiger partial charge >= 0.3 is 5.97 Å². The van der Waals surface area contributed by atoms with Gasteiger partial charge in [-0.2, -0.15) is 0 Å². The first-order valence-electron chi connectivity index (χ1n) is 6.12. The molecule has 17 heavy (non-hydrogen) atoms. The lowest BCUT2D eigenvalue weighted by molar-refractivity contribution is -0.0590. The summed E-state index contributed by atoms with van der Waals surface area (Å²) in [5.41, 5.74) is 0.539. The smallest absolute Gasteiger partial charge is 0.338 e. The second-order valence-corrected chi connectivity index (χ2v) is 4.71. The normalized spacial score (nSPS) is 28.7. The molecule has 1 saturated carbocycles. The summed E-state index contributed by atoms with van der Waals surface area (Å²) < 4.78 is 5.41. The average molecular weight is 234 g/mol. The van der Waals surface area contributed by atoms with Gasteiger partial charge in [0.15, 0.2) is 0 Å². The molecule has 3 atom stereocenters. The van der Waals surface area contributed by atoms with Crippen LogP contribution in [0.3, 0.4) is 0 Å². The fourth-order valence-corrected chi connectivity index (χ4v) is 2.32. The number of aliphatic hydroxyl groups excluding tert-OH is 1. The number of esters is 1. The Kier molecular flexibility index (Phi) is 3.79. The highest BCUT2D eigenvalue weighted by molar-refractivity contribution is 5.89. The molecule has 1 N–H and O–H groups in total. The fraction of sp³-hybridized carbons (Fsp3) is 0.500. The van der Waals surface area contributed by atoms with Gasteiger partial charge in [-0.05, 0) is 30.9 Å². The molecule has 3 nitrogen and oxygen atoms in total. The van der Waals surface area contributed by atoms with Crippen LogP contribution >= 0.6 is 0 Å². The minimum absolute atomic E-state index is 0.228. The molecule has 1 aliphatic rings. The Hall–Kier alpha value is -1.35. The van der Waals surface area contributed by atoms with Crippen LogP contribution in [-0.2, 0) is 4.74 Å². The van der Waals surface area contributed by atoms with Gasteiger partial charge in [0.25, 0.3) is 0 Å². The van der Waals surface area contributed by atoms with Gasteiger partial charge in [-0.1, -0.05) is 31.5 Å². The summed E-state index contributed by atoms with van der Waals surface area (Å²) in [6.07, 6.45) is 1.84. The molecule has 0 radical (unpaired) electrons. The third kappa shape index (κ3) is 2.86. The van der Waals surface area contributed by atoms with Crippen molar-refractivity contribution in [3.05, 3.63) is 35.9 Å². The molecule has 92 valence electrons. The van der Waals surface area contributed by atoms with Gasteiger partial charge in [0, 0.05) is 0 Å². The van der Waals surface area contributed by atoms with E-state index in [0.29, 0.717) is 5.56 Å². The minimum Gasteiger partial charge on any atom is -0.456 e. The summed E-state index contributed by atoms with van der Waals surface area (Å²) in [6.45, 7) is 2.02. The molecule has 0 aromatic heterocycles. The quantitative estimate of drug-likeness (QED) is 0.799.